The van der Waals surface area contributed by atoms with Crippen LogP contribution in [0, 0.1) is 10.1 Å². The molecule has 1 aliphatic heterocycles. The number of amides is 2. The number of carbonyl (C=O) groups excluding carboxylic acids is 2. The number of alkyl halides is 1. The van der Waals surface area contributed by atoms with Crippen molar-refractivity contribution in [2.45, 2.75) is 18.9 Å². The number of halogens is 2. The quantitative estimate of drug-likeness (QED) is 0.421. The van der Waals surface area contributed by atoms with Crippen LogP contribution in [0.5, 0.6) is 0 Å². The summed E-state index contributed by atoms with van der Waals surface area (Å²) in [6, 6.07) is 2.67. The van der Waals surface area contributed by atoms with E-state index in [1.165, 1.54) is 19.2 Å². The number of rotatable bonds is 5. The summed E-state index contributed by atoms with van der Waals surface area (Å²) in [6.45, 7) is 0.987. The van der Waals surface area contributed by atoms with Crippen LogP contribution in [0.4, 0.5) is 11.4 Å². The van der Waals surface area contributed by atoms with Crippen LogP contribution in [0.1, 0.15) is 23.2 Å². The molecule has 1 heterocycles. The number of benzene rings is 1. The molecule has 0 spiro atoms. The number of piperidine rings is 1. The Kier molecular flexibility index (Phi) is 6.60. The van der Waals surface area contributed by atoms with E-state index in [2.05, 4.69) is 26.6 Å². The summed E-state index contributed by atoms with van der Waals surface area (Å²) >= 11 is 8.80. The van der Waals surface area contributed by atoms with Gasteiger partial charge >= 0.3 is 0 Å². The van der Waals surface area contributed by atoms with Gasteiger partial charge in [-0.3, -0.25) is 19.7 Å². The fourth-order valence-corrected chi connectivity index (χ4v) is 3.43. The molecular formula is C15H18BrClN4O4. The van der Waals surface area contributed by atoms with E-state index >= 15 is 0 Å². The predicted molar refractivity (Wildman–Crippen MR) is 98.1 cm³/mol. The highest BCUT2D eigenvalue weighted by Gasteiger charge is 2.28. The zero-order valence-electron chi connectivity index (χ0n) is 13.6. The van der Waals surface area contributed by atoms with E-state index in [4.69, 9.17) is 11.6 Å². The summed E-state index contributed by atoms with van der Waals surface area (Å²) in [4.78, 5) is 36.5. The third-order valence-electron chi connectivity index (χ3n) is 3.99. The van der Waals surface area contributed by atoms with Crippen molar-refractivity contribution >= 4 is 50.7 Å². The minimum atomic E-state index is -0.538. The summed E-state index contributed by atoms with van der Waals surface area (Å²) in [6.07, 6.45) is 1.48. The number of hydrogen-bond acceptors (Lipinski definition) is 5. The van der Waals surface area contributed by atoms with Crippen molar-refractivity contribution in [2.24, 2.45) is 0 Å². The third-order valence-corrected chi connectivity index (χ3v) is 4.67. The number of nitro benzene ring substituents is 1. The lowest BCUT2D eigenvalue weighted by Crippen LogP contribution is -2.45. The lowest BCUT2D eigenvalue weighted by atomic mass is 10.0. The van der Waals surface area contributed by atoms with E-state index in [9.17, 15) is 19.7 Å². The van der Waals surface area contributed by atoms with Crippen LogP contribution in [0.2, 0.25) is 0 Å². The molecule has 0 unspecified atom stereocenters. The van der Waals surface area contributed by atoms with Gasteiger partial charge in [0.25, 0.3) is 11.6 Å². The van der Waals surface area contributed by atoms with Crippen LogP contribution >= 0.6 is 27.5 Å². The number of likely N-dealkylation sites (tertiary alicyclic amines) is 1. The number of carbonyl (C=O) groups is 2. The first-order valence-corrected chi connectivity index (χ1v) is 9.00. The Labute approximate surface area is 158 Å². The van der Waals surface area contributed by atoms with Crippen molar-refractivity contribution in [2.75, 3.05) is 31.3 Å². The molecular weight excluding hydrogens is 416 g/mol. The van der Waals surface area contributed by atoms with Crippen molar-refractivity contribution in [1.29, 1.82) is 0 Å². The maximum atomic E-state index is 12.1. The van der Waals surface area contributed by atoms with Crippen molar-refractivity contribution in [1.82, 2.24) is 10.2 Å². The van der Waals surface area contributed by atoms with Crippen LogP contribution in [0.15, 0.2) is 16.6 Å². The van der Waals surface area contributed by atoms with E-state index < -0.39 is 10.8 Å². The fourth-order valence-electron chi connectivity index (χ4n) is 2.81. The number of nitro groups is 1. The molecule has 1 aliphatic rings. The number of anilines is 1. The summed E-state index contributed by atoms with van der Waals surface area (Å²) in [5, 5.41) is 17.0. The second-order valence-electron chi connectivity index (χ2n) is 5.64. The van der Waals surface area contributed by atoms with E-state index in [1.54, 1.807) is 4.90 Å². The second kappa shape index (κ2) is 8.48. The zero-order chi connectivity index (χ0) is 18.6. The molecule has 1 aromatic carbocycles. The molecule has 1 aromatic rings. The molecule has 0 aromatic heterocycles. The molecule has 0 saturated carbocycles. The molecule has 2 N–H and O–H groups in total. The maximum absolute atomic E-state index is 12.1. The summed E-state index contributed by atoms with van der Waals surface area (Å²) in [7, 11) is 1.46. The van der Waals surface area contributed by atoms with Gasteiger partial charge in [0, 0.05) is 36.7 Å². The van der Waals surface area contributed by atoms with Crippen molar-refractivity contribution in [3.05, 3.63) is 32.3 Å². The Bertz CT molecular complexity index is 700. The van der Waals surface area contributed by atoms with Gasteiger partial charge < -0.3 is 15.5 Å². The lowest BCUT2D eigenvalue weighted by molar-refractivity contribution is -0.384. The van der Waals surface area contributed by atoms with Crippen molar-refractivity contribution < 1.29 is 14.5 Å². The van der Waals surface area contributed by atoms with Gasteiger partial charge in [0.1, 0.15) is 11.6 Å². The fraction of sp³-hybridized carbons (Fsp3) is 0.467. The van der Waals surface area contributed by atoms with Crippen LogP contribution in [-0.4, -0.2) is 53.7 Å². The van der Waals surface area contributed by atoms with Gasteiger partial charge in [0.15, 0.2) is 0 Å². The van der Waals surface area contributed by atoms with Crippen LogP contribution in [0.25, 0.3) is 0 Å². The van der Waals surface area contributed by atoms with E-state index in [0.717, 1.165) is 12.8 Å². The molecule has 8 nitrogen and oxygen atoms in total. The second-order valence-corrected chi connectivity index (χ2v) is 6.82. The molecule has 1 saturated heterocycles. The molecule has 25 heavy (non-hydrogen) atoms. The Morgan fingerprint density at radius 3 is 2.80 bits per heavy atom. The molecule has 1 fully saturated rings. The van der Waals surface area contributed by atoms with Crippen LogP contribution < -0.4 is 10.6 Å². The smallest absolute Gasteiger partial charge is 0.294 e. The Hall–Kier alpha value is -1.87. The zero-order valence-corrected chi connectivity index (χ0v) is 15.9. The number of hydrogen-bond donors (Lipinski definition) is 2. The average molecular weight is 434 g/mol. The van der Waals surface area contributed by atoms with Gasteiger partial charge in [0.05, 0.1) is 10.5 Å². The molecule has 2 rings (SSSR count). The highest BCUT2D eigenvalue weighted by atomic mass is 79.9. The SMILES string of the molecule is CNC(=O)c1cc(Br)cc([N+](=O)[O-])c1N[C@@H]1CCCN(C(=O)CCl)C1. The molecule has 136 valence electrons. The van der Waals surface area contributed by atoms with Gasteiger partial charge in [0.2, 0.25) is 5.91 Å². The maximum Gasteiger partial charge on any atom is 0.294 e. The Balaban J connectivity index is 2.35. The van der Waals surface area contributed by atoms with Crippen LogP contribution in [-0.2, 0) is 4.79 Å². The minimum absolute atomic E-state index is 0.103. The molecule has 10 heteroatoms. The number of nitrogens with zero attached hydrogens (tertiary/aromatic N) is 2. The molecule has 0 radical (unpaired) electrons. The highest BCUT2D eigenvalue weighted by molar-refractivity contribution is 9.10. The monoisotopic (exact) mass is 432 g/mol. The number of nitrogens with one attached hydrogen (secondary N) is 2. The summed E-state index contributed by atoms with van der Waals surface area (Å²) in [5.41, 5.74) is 0.121. The first kappa shape index (κ1) is 19.5. The first-order chi connectivity index (χ1) is 11.9. The van der Waals surface area contributed by atoms with Gasteiger partial charge in [-0.2, -0.15) is 0 Å². The Morgan fingerprint density at radius 1 is 1.48 bits per heavy atom. The van der Waals surface area contributed by atoms with E-state index in [-0.39, 0.29) is 34.8 Å². The van der Waals surface area contributed by atoms with Gasteiger partial charge in [-0.25, -0.2) is 0 Å². The van der Waals surface area contributed by atoms with E-state index in [1.807, 2.05) is 0 Å². The first-order valence-electron chi connectivity index (χ1n) is 7.67. The van der Waals surface area contributed by atoms with Gasteiger partial charge in [-0.15, -0.1) is 11.6 Å². The summed E-state index contributed by atoms with van der Waals surface area (Å²) in [5.74, 6) is -0.712. The van der Waals surface area contributed by atoms with Crippen molar-refractivity contribution in [3.8, 4) is 0 Å². The molecule has 0 bridgehead atoms. The standard InChI is InChI=1S/C15H18BrClN4O4/c1-18-15(23)11-5-9(16)6-12(21(24)25)14(11)19-10-3-2-4-20(8-10)13(22)7-17/h5-6,10,19H,2-4,7-8H2,1H3,(H,18,23)/t10-/m1/s1. The molecule has 2 amide bonds. The van der Waals surface area contributed by atoms with Crippen molar-refractivity contribution in [3.63, 3.8) is 0 Å². The average Bonchev–Trinajstić information content (AvgIpc) is 2.61. The summed E-state index contributed by atoms with van der Waals surface area (Å²) < 4.78 is 0.436. The topological polar surface area (TPSA) is 105 Å². The normalized spacial score (nSPS) is 17.1. The minimum Gasteiger partial charge on any atom is -0.374 e. The molecule has 1 atom stereocenters. The predicted octanol–water partition coefficient (Wildman–Crippen LogP) is 2.36. The highest BCUT2D eigenvalue weighted by Crippen LogP contribution is 2.34. The van der Waals surface area contributed by atoms with E-state index in [0.29, 0.717) is 17.6 Å². The molecule has 0 aliphatic carbocycles. The van der Waals surface area contributed by atoms with Gasteiger partial charge in [-0.05, 0) is 18.9 Å². The van der Waals surface area contributed by atoms with Crippen LogP contribution in [0.3, 0.4) is 0 Å². The third kappa shape index (κ3) is 4.60. The Morgan fingerprint density at radius 2 is 2.20 bits per heavy atom. The van der Waals surface area contributed by atoms with Gasteiger partial charge in [-0.1, -0.05) is 15.9 Å². The lowest BCUT2D eigenvalue weighted by Gasteiger charge is -2.33. The largest absolute Gasteiger partial charge is 0.374 e.